The Bertz CT molecular complexity index is 714. The average Bonchev–Trinajstić information content (AvgIpc) is 2.54. The first-order valence-electron chi connectivity index (χ1n) is 9.51. The van der Waals surface area contributed by atoms with Crippen molar-refractivity contribution >= 4 is 17.9 Å². The van der Waals surface area contributed by atoms with Gasteiger partial charge in [-0.05, 0) is 60.5 Å². The molecule has 0 saturated carbocycles. The van der Waals surface area contributed by atoms with Crippen LogP contribution in [0.1, 0.15) is 66.0 Å². The predicted octanol–water partition coefficient (Wildman–Crippen LogP) is 4.25. The smallest absolute Gasteiger partial charge is 0.412 e. The normalized spacial score (nSPS) is 15.9. The molecular formula is C20H31N3O5. The summed E-state index contributed by atoms with van der Waals surface area (Å²) in [5, 5.41) is 12.6. The van der Waals surface area contributed by atoms with Crippen molar-refractivity contribution in [3.05, 3.63) is 18.0 Å². The van der Waals surface area contributed by atoms with Gasteiger partial charge >= 0.3 is 12.2 Å². The van der Waals surface area contributed by atoms with Crippen molar-refractivity contribution in [1.29, 1.82) is 0 Å². The van der Waals surface area contributed by atoms with Gasteiger partial charge in [0.1, 0.15) is 11.2 Å². The summed E-state index contributed by atoms with van der Waals surface area (Å²) in [7, 11) is 0. The number of pyridine rings is 1. The number of carbonyl (C=O) groups excluding carboxylic acids is 2. The lowest BCUT2D eigenvalue weighted by molar-refractivity contribution is 0.0203. The lowest BCUT2D eigenvalue weighted by atomic mass is 9.93. The Morgan fingerprint density at radius 2 is 1.68 bits per heavy atom. The highest BCUT2D eigenvalue weighted by atomic mass is 16.6. The quantitative estimate of drug-likeness (QED) is 0.779. The maximum absolute atomic E-state index is 12.2. The number of hydrogen-bond donors (Lipinski definition) is 2. The molecule has 1 fully saturated rings. The molecule has 2 N–H and O–H groups in total. The Balaban J connectivity index is 2.00. The van der Waals surface area contributed by atoms with E-state index >= 15 is 0 Å². The maximum Gasteiger partial charge on any atom is 0.412 e. The third-order valence-corrected chi connectivity index (χ3v) is 4.10. The van der Waals surface area contributed by atoms with Crippen molar-refractivity contribution in [2.24, 2.45) is 0 Å². The van der Waals surface area contributed by atoms with Gasteiger partial charge in [-0.2, -0.15) is 0 Å². The summed E-state index contributed by atoms with van der Waals surface area (Å²) in [6.45, 7) is 12.0. The SMILES string of the molecule is CC(C)(C)OC(=O)Nc1cc(C2CCN(C(=O)OC(C)(C)C)CC2)ncc1O. The number of ether oxygens (including phenoxy) is 2. The number of nitrogens with one attached hydrogen (secondary N) is 1. The highest BCUT2D eigenvalue weighted by molar-refractivity contribution is 5.86. The minimum absolute atomic E-state index is 0.124. The molecule has 1 saturated heterocycles. The fourth-order valence-corrected chi connectivity index (χ4v) is 2.89. The van der Waals surface area contributed by atoms with Crippen LogP contribution in [-0.2, 0) is 9.47 Å². The summed E-state index contributed by atoms with van der Waals surface area (Å²) in [6.07, 6.45) is 1.82. The van der Waals surface area contributed by atoms with Crippen LogP contribution in [0.2, 0.25) is 0 Å². The zero-order valence-electron chi connectivity index (χ0n) is 17.5. The molecule has 2 amide bonds. The first kappa shape index (κ1) is 21.8. The van der Waals surface area contributed by atoms with E-state index in [9.17, 15) is 14.7 Å². The molecule has 1 aliphatic rings. The van der Waals surface area contributed by atoms with Gasteiger partial charge in [0.15, 0.2) is 5.75 Å². The molecule has 0 radical (unpaired) electrons. The lowest BCUT2D eigenvalue weighted by Gasteiger charge is -2.33. The molecular weight excluding hydrogens is 362 g/mol. The van der Waals surface area contributed by atoms with E-state index in [2.05, 4.69) is 10.3 Å². The van der Waals surface area contributed by atoms with E-state index in [4.69, 9.17) is 9.47 Å². The molecule has 2 rings (SSSR count). The molecule has 1 aliphatic heterocycles. The predicted molar refractivity (Wildman–Crippen MR) is 106 cm³/mol. The van der Waals surface area contributed by atoms with E-state index in [1.54, 1.807) is 31.7 Å². The third kappa shape index (κ3) is 6.58. The molecule has 0 atom stereocenters. The van der Waals surface area contributed by atoms with Crippen molar-refractivity contribution in [3.8, 4) is 5.75 Å². The summed E-state index contributed by atoms with van der Waals surface area (Å²) < 4.78 is 10.6. The number of hydrogen-bond acceptors (Lipinski definition) is 6. The fraction of sp³-hybridized carbons (Fsp3) is 0.650. The number of amides is 2. The van der Waals surface area contributed by atoms with Crippen LogP contribution in [0.4, 0.5) is 15.3 Å². The van der Waals surface area contributed by atoms with Crippen LogP contribution in [-0.4, -0.2) is 51.5 Å². The van der Waals surface area contributed by atoms with Crippen molar-refractivity contribution in [3.63, 3.8) is 0 Å². The van der Waals surface area contributed by atoms with Gasteiger partial charge in [-0.1, -0.05) is 0 Å². The van der Waals surface area contributed by atoms with Gasteiger partial charge in [0, 0.05) is 24.7 Å². The largest absolute Gasteiger partial charge is 0.504 e. The van der Waals surface area contributed by atoms with E-state index in [1.807, 2.05) is 20.8 Å². The van der Waals surface area contributed by atoms with Gasteiger partial charge in [-0.3, -0.25) is 10.3 Å². The van der Waals surface area contributed by atoms with Crippen molar-refractivity contribution < 1.29 is 24.2 Å². The molecule has 1 aromatic rings. The Morgan fingerprint density at radius 3 is 2.21 bits per heavy atom. The van der Waals surface area contributed by atoms with Crippen LogP contribution in [0.3, 0.4) is 0 Å². The van der Waals surface area contributed by atoms with Crippen molar-refractivity contribution in [2.45, 2.75) is 71.5 Å². The molecule has 0 aromatic carbocycles. The topological polar surface area (TPSA) is 101 Å². The van der Waals surface area contributed by atoms with Gasteiger partial charge in [-0.15, -0.1) is 0 Å². The monoisotopic (exact) mass is 393 g/mol. The summed E-state index contributed by atoms with van der Waals surface area (Å²) in [5.74, 6) is -0.000673. The van der Waals surface area contributed by atoms with Gasteiger partial charge < -0.3 is 19.5 Å². The second kappa shape index (κ2) is 8.24. The molecule has 8 heteroatoms. The number of aromatic hydroxyl groups is 1. The van der Waals surface area contributed by atoms with E-state index in [-0.39, 0.29) is 23.4 Å². The second-order valence-corrected chi connectivity index (χ2v) is 8.99. The first-order valence-corrected chi connectivity index (χ1v) is 9.51. The summed E-state index contributed by atoms with van der Waals surface area (Å²) in [6, 6.07) is 1.66. The molecule has 0 aliphatic carbocycles. The summed E-state index contributed by atoms with van der Waals surface area (Å²) in [4.78, 5) is 30.2. The van der Waals surface area contributed by atoms with Gasteiger partial charge in [-0.25, -0.2) is 9.59 Å². The van der Waals surface area contributed by atoms with Crippen LogP contribution in [0.5, 0.6) is 5.75 Å². The lowest BCUT2D eigenvalue weighted by Crippen LogP contribution is -2.41. The van der Waals surface area contributed by atoms with Crippen molar-refractivity contribution in [2.75, 3.05) is 18.4 Å². The molecule has 2 heterocycles. The van der Waals surface area contributed by atoms with E-state index < -0.39 is 17.3 Å². The molecule has 28 heavy (non-hydrogen) atoms. The fourth-order valence-electron chi connectivity index (χ4n) is 2.89. The number of aromatic nitrogens is 1. The molecule has 0 bridgehead atoms. The third-order valence-electron chi connectivity index (χ3n) is 4.10. The zero-order valence-corrected chi connectivity index (χ0v) is 17.5. The average molecular weight is 393 g/mol. The maximum atomic E-state index is 12.2. The minimum atomic E-state index is -0.639. The zero-order chi connectivity index (χ0) is 21.1. The van der Waals surface area contributed by atoms with Gasteiger partial charge in [0.25, 0.3) is 0 Å². The Labute approximate surface area is 166 Å². The van der Waals surface area contributed by atoms with Crippen LogP contribution in [0.15, 0.2) is 12.3 Å². The number of anilines is 1. The number of likely N-dealkylation sites (tertiary alicyclic amines) is 1. The Hall–Kier alpha value is -2.51. The van der Waals surface area contributed by atoms with Gasteiger partial charge in [0.2, 0.25) is 0 Å². The molecule has 1 aromatic heterocycles. The number of rotatable bonds is 2. The molecule has 0 unspecified atom stereocenters. The second-order valence-electron chi connectivity index (χ2n) is 8.99. The highest BCUT2D eigenvalue weighted by Gasteiger charge is 2.28. The van der Waals surface area contributed by atoms with Crippen LogP contribution in [0.25, 0.3) is 0 Å². The molecule has 0 spiro atoms. The van der Waals surface area contributed by atoms with Gasteiger partial charge in [0.05, 0.1) is 11.9 Å². The van der Waals surface area contributed by atoms with E-state index in [0.29, 0.717) is 13.1 Å². The summed E-state index contributed by atoms with van der Waals surface area (Å²) >= 11 is 0. The molecule has 156 valence electrons. The Kier molecular flexibility index (Phi) is 6.41. The first-order chi connectivity index (χ1) is 12.8. The van der Waals surface area contributed by atoms with Crippen LogP contribution >= 0.6 is 0 Å². The van der Waals surface area contributed by atoms with Crippen LogP contribution < -0.4 is 5.32 Å². The van der Waals surface area contributed by atoms with E-state index in [0.717, 1.165) is 18.5 Å². The number of nitrogens with zero attached hydrogens (tertiary/aromatic N) is 2. The van der Waals surface area contributed by atoms with E-state index in [1.165, 1.54) is 6.20 Å². The summed E-state index contributed by atoms with van der Waals surface area (Å²) in [5.41, 5.74) is -0.139. The van der Waals surface area contributed by atoms with Crippen LogP contribution in [0, 0.1) is 0 Å². The minimum Gasteiger partial charge on any atom is -0.504 e. The standard InChI is InChI=1S/C20H31N3O5/c1-19(2,3)27-17(25)22-15-11-14(21-12-16(15)24)13-7-9-23(10-8-13)18(26)28-20(4,5)6/h11-13,24H,7-10H2,1-6H3,(H,21,22,25). The number of piperidine rings is 1. The van der Waals surface area contributed by atoms with Crippen molar-refractivity contribution in [1.82, 2.24) is 9.88 Å². The highest BCUT2D eigenvalue weighted by Crippen LogP contribution is 2.32. The Morgan fingerprint density at radius 1 is 1.11 bits per heavy atom. The number of carbonyl (C=O) groups is 2. The molecule has 8 nitrogen and oxygen atoms in total.